The average molecular weight is 161 g/mol. The first-order valence-electron chi connectivity index (χ1n) is 3.93. The molecule has 1 N–H and O–H groups in total. The Morgan fingerprint density at radius 2 is 2.27 bits per heavy atom. The molecule has 0 radical (unpaired) electrons. The van der Waals surface area contributed by atoms with Gasteiger partial charge < -0.3 is 9.84 Å². The summed E-state index contributed by atoms with van der Waals surface area (Å²) in [5.74, 6) is -1.68. The molecule has 4 nitrogen and oxygen atoms in total. The minimum absolute atomic E-state index is 0.0485. The molecule has 1 unspecified atom stereocenters. The molecule has 0 aromatic heterocycles. The summed E-state index contributed by atoms with van der Waals surface area (Å²) in [5, 5.41) is 8.34. The molecule has 0 fully saturated rings. The average Bonchev–Trinajstić information content (AvgIpc) is 1.84. The van der Waals surface area contributed by atoms with Gasteiger partial charge in [-0.05, 0) is 5.92 Å². The second-order valence-electron chi connectivity index (χ2n) is 2.42. The number of hydrogen-bond acceptors (Lipinski definition) is 3. The molecular formula is C7H12O4. The maximum Gasteiger partial charge on any atom is 0.305 e. The summed E-state index contributed by atoms with van der Waals surface area (Å²) in [6, 6.07) is 0. The molecule has 0 amide bonds. The molecule has 0 bridgehead atoms. The standard InChI is InChI=1S/C7H12O4/c1-5(3-6(8)9)4-7(10)11-2/h5H,3-4H2,1-2H3,(H,8,9)/i2D. The maximum absolute atomic E-state index is 10.7. The van der Waals surface area contributed by atoms with E-state index in [1.54, 1.807) is 6.92 Å². The third kappa shape index (κ3) is 5.39. The highest BCUT2D eigenvalue weighted by molar-refractivity contribution is 5.71. The molecule has 0 saturated heterocycles. The lowest BCUT2D eigenvalue weighted by Gasteiger charge is -2.05. The van der Waals surface area contributed by atoms with Crippen molar-refractivity contribution >= 4 is 11.9 Å². The molecule has 0 aliphatic heterocycles. The number of ether oxygens (including phenoxy) is 1. The van der Waals surface area contributed by atoms with E-state index in [2.05, 4.69) is 4.74 Å². The van der Waals surface area contributed by atoms with E-state index in [1.807, 2.05) is 0 Å². The number of methoxy groups -OCH3 is 1. The lowest BCUT2D eigenvalue weighted by atomic mass is 10.0. The topological polar surface area (TPSA) is 63.6 Å². The summed E-state index contributed by atoms with van der Waals surface area (Å²) in [6.07, 6.45) is 0.0122. The van der Waals surface area contributed by atoms with Crippen LogP contribution in [0.2, 0.25) is 0 Å². The van der Waals surface area contributed by atoms with Gasteiger partial charge in [-0.15, -0.1) is 0 Å². The van der Waals surface area contributed by atoms with Crippen molar-refractivity contribution < 1.29 is 20.8 Å². The normalized spacial score (nSPS) is 13.4. The third-order valence-corrected chi connectivity index (χ3v) is 1.20. The van der Waals surface area contributed by atoms with E-state index >= 15 is 0 Å². The molecule has 64 valence electrons. The summed E-state index contributed by atoms with van der Waals surface area (Å²) in [7, 11) is -0.404. The van der Waals surface area contributed by atoms with Crippen LogP contribution in [0.15, 0.2) is 0 Å². The van der Waals surface area contributed by atoms with Gasteiger partial charge in [-0.2, -0.15) is 0 Å². The monoisotopic (exact) mass is 161 g/mol. The zero-order valence-electron chi connectivity index (χ0n) is 7.37. The van der Waals surface area contributed by atoms with Crippen LogP contribution in [0.1, 0.15) is 21.1 Å². The molecule has 4 heteroatoms. The van der Waals surface area contributed by atoms with Gasteiger partial charge in [0.2, 0.25) is 0 Å². The Kier molecular flexibility index (Phi) is 3.44. The van der Waals surface area contributed by atoms with Gasteiger partial charge in [0.05, 0.1) is 8.46 Å². The number of hydrogen-bond donors (Lipinski definition) is 1. The number of rotatable bonds is 4. The van der Waals surface area contributed by atoms with Crippen molar-refractivity contribution in [3.8, 4) is 0 Å². The minimum atomic E-state index is -0.929. The van der Waals surface area contributed by atoms with Gasteiger partial charge in [0.15, 0.2) is 0 Å². The van der Waals surface area contributed by atoms with Gasteiger partial charge >= 0.3 is 11.9 Å². The fourth-order valence-electron chi connectivity index (χ4n) is 0.714. The van der Waals surface area contributed by atoms with E-state index < -0.39 is 19.0 Å². The van der Waals surface area contributed by atoms with Crippen LogP contribution < -0.4 is 0 Å². The third-order valence-electron chi connectivity index (χ3n) is 1.20. The molecule has 0 aromatic rings. The first-order valence-corrected chi connectivity index (χ1v) is 3.23. The zero-order chi connectivity index (χ0) is 9.56. The maximum atomic E-state index is 10.7. The van der Waals surface area contributed by atoms with Crippen molar-refractivity contribution in [3.05, 3.63) is 0 Å². The Balaban J connectivity index is 3.61. The summed E-state index contributed by atoms with van der Waals surface area (Å²) in [6.45, 7) is 1.65. The first kappa shape index (κ1) is 8.04. The van der Waals surface area contributed by atoms with Gasteiger partial charge in [-0.25, -0.2) is 0 Å². The van der Waals surface area contributed by atoms with Crippen LogP contribution in [0.5, 0.6) is 0 Å². The Morgan fingerprint density at radius 3 is 2.73 bits per heavy atom. The van der Waals surface area contributed by atoms with Crippen molar-refractivity contribution in [1.82, 2.24) is 0 Å². The van der Waals surface area contributed by atoms with Gasteiger partial charge in [-0.3, -0.25) is 9.59 Å². The van der Waals surface area contributed by atoms with Crippen molar-refractivity contribution in [3.63, 3.8) is 0 Å². The Labute approximate surface area is 66.6 Å². The predicted octanol–water partition coefficient (Wildman–Crippen LogP) is 0.660. The number of carboxylic acid groups (broad SMARTS) is 1. The van der Waals surface area contributed by atoms with Gasteiger partial charge in [0.25, 0.3) is 0 Å². The summed E-state index contributed by atoms with van der Waals surface area (Å²) < 4.78 is 10.9. The lowest BCUT2D eigenvalue weighted by molar-refractivity contribution is -0.142. The molecular weight excluding hydrogens is 148 g/mol. The van der Waals surface area contributed by atoms with Crippen molar-refractivity contribution in [1.29, 1.82) is 0 Å². The van der Waals surface area contributed by atoms with Crippen LogP contribution >= 0.6 is 0 Å². The SMILES string of the molecule is [2H]COC(=O)CC(C)CC(=O)O. The highest BCUT2D eigenvalue weighted by Gasteiger charge is 2.11. The minimum Gasteiger partial charge on any atom is -0.481 e. The van der Waals surface area contributed by atoms with E-state index in [0.717, 1.165) is 0 Å². The van der Waals surface area contributed by atoms with Crippen LogP contribution in [0.4, 0.5) is 0 Å². The van der Waals surface area contributed by atoms with Crippen molar-refractivity contribution in [2.75, 3.05) is 7.09 Å². The lowest BCUT2D eigenvalue weighted by Crippen LogP contribution is -2.10. The quantitative estimate of drug-likeness (QED) is 0.615. The van der Waals surface area contributed by atoms with E-state index in [-0.39, 0.29) is 18.8 Å². The van der Waals surface area contributed by atoms with Gasteiger partial charge in [0.1, 0.15) is 0 Å². The zero-order valence-corrected chi connectivity index (χ0v) is 6.37. The number of carbonyl (C=O) groups excluding carboxylic acids is 1. The summed E-state index contributed by atoms with van der Waals surface area (Å²) >= 11 is 0. The Hall–Kier alpha value is -1.06. The predicted molar refractivity (Wildman–Crippen MR) is 38.0 cm³/mol. The number of carboxylic acids is 1. The number of aliphatic carboxylic acids is 1. The molecule has 0 spiro atoms. The fraction of sp³-hybridized carbons (Fsp3) is 0.714. The van der Waals surface area contributed by atoms with E-state index in [0.29, 0.717) is 0 Å². The highest BCUT2D eigenvalue weighted by Crippen LogP contribution is 2.07. The van der Waals surface area contributed by atoms with Crippen molar-refractivity contribution in [2.45, 2.75) is 19.8 Å². The van der Waals surface area contributed by atoms with E-state index in [1.165, 1.54) is 0 Å². The number of carbonyl (C=O) groups is 2. The molecule has 0 aliphatic carbocycles. The largest absolute Gasteiger partial charge is 0.481 e. The van der Waals surface area contributed by atoms with Gasteiger partial charge in [-0.1, -0.05) is 6.92 Å². The Morgan fingerprint density at radius 1 is 1.64 bits per heavy atom. The molecule has 0 saturated carbocycles. The van der Waals surface area contributed by atoms with Crippen LogP contribution in [0.25, 0.3) is 0 Å². The molecule has 0 aliphatic rings. The van der Waals surface area contributed by atoms with Crippen LogP contribution in [-0.2, 0) is 14.3 Å². The summed E-state index contributed by atoms with van der Waals surface area (Å²) in [4.78, 5) is 20.9. The smallest absolute Gasteiger partial charge is 0.305 e. The second kappa shape index (κ2) is 4.71. The Bertz CT molecular complexity index is 169. The molecule has 1 atom stereocenters. The van der Waals surface area contributed by atoms with Crippen LogP contribution in [-0.4, -0.2) is 24.1 Å². The van der Waals surface area contributed by atoms with E-state index in [9.17, 15) is 9.59 Å². The second-order valence-corrected chi connectivity index (χ2v) is 2.42. The molecule has 0 aromatic carbocycles. The van der Waals surface area contributed by atoms with E-state index in [4.69, 9.17) is 6.48 Å². The van der Waals surface area contributed by atoms with Crippen LogP contribution in [0.3, 0.4) is 0 Å². The molecule has 11 heavy (non-hydrogen) atoms. The number of esters is 1. The molecule has 0 rings (SSSR count). The van der Waals surface area contributed by atoms with Gasteiger partial charge in [0, 0.05) is 12.8 Å². The molecule has 0 heterocycles. The highest BCUT2D eigenvalue weighted by atomic mass is 16.5. The van der Waals surface area contributed by atoms with Crippen LogP contribution in [0, 0.1) is 5.92 Å². The first-order chi connectivity index (χ1) is 5.56. The van der Waals surface area contributed by atoms with Crippen molar-refractivity contribution in [2.24, 2.45) is 5.92 Å². The summed E-state index contributed by atoms with van der Waals surface area (Å²) in [5.41, 5.74) is 0. The fourth-order valence-corrected chi connectivity index (χ4v) is 0.714.